The van der Waals surface area contributed by atoms with Gasteiger partial charge in [-0.15, -0.1) is 0 Å². The summed E-state index contributed by atoms with van der Waals surface area (Å²) in [5, 5.41) is 6.53. The van der Waals surface area contributed by atoms with Crippen molar-refractivity contribution in [2.45, 2.75) is 6.17 Å². The Hall–Kier alpha value is -3.16. The number of fused-ring (bicyclic) bond motifs is 1. The average molecular weight is 499 g/mol. The highest BCUT2D eigenvalue weighted by molar-refractivity contribution is 9.10. The van der Waals surface area contributed by atoms with Gasteiger partial charge in [0.05, 0.1) is 24.1 Å². The van der Waals surface area contributed by atoms with Crippen LogP contribution in [0.3, 0.4) is 0 Å². The van der Waals surface area contributed by atoms with Crippen LogP contribution in [0.15, 0.2) is 76.2 Å². The van der Waals surface area contributed by atoms with Crippen LogP contribution in [0, 0.1) is 0 Å². The summed E-state index contributed by atoms with van der Waals surface area (Å²) in [7, 11) is 1.32. The molecule has 0 fully saturated rings. The van der Waals surface area contributed by atoms with E-state index in [-0.39, 0.29) is 5.91 Å². The van der Waals surface area contributed by atoms with E-state index in [1.165, 1.54) is 7.11 Å². The van der Waals surface area contributed by atoms with Gasteiger partial charge in [-0.25, -0.2) is 9.79 Å². The lowest BCUT2D eigenvalue weighted by Gasteiger charge is -2.15. The quantitative estimate of drug-likeness (QED) is 0.490. The normalized spacial score (nSPS) is 15.3. The van der Waals surface area contributed by atoms with Crippen LogP contribution in [-0.2, 0) is 9.53 Å². The third-order valence-corrected chi connectivity index (χ3v) is 5.54. The molecule has 0 bridgehead atoms. The monoisotopic (exact) mass is 497 g/mol. The fourth-order valence-electron chi connectivity index (χ4n) is 3.26. The number of rotatable bonds is 4. The van der Waals surface area contributed by atoms with E-state index in [9.17, 15) is 9.59 Å². The molecule has 1 atom stereocenters. The molecule has 0 spiro atoms. The van der Waals surface area contributed by atoms with Gasteiger partial charge in [0.25, 0.3) is 5.91 Å². The van der Waals surface area contributed by atoms with Crippen LogP contribution in [0.25, 0.3) is 0 Å². The van der Waals surface area contributed by atoms with Crippen molar-refractivity contribution in [2.75, 3.05) is 17.7 Å². The molecule has 31 heavy (non-hydrogen) atoms. The molecule has 8 heteroatoms. The van der Waals surface area contributed by atoms with Gasteiger partial charge in [-0.3, -0.25) is 4.79 Å². The molecule has 0 radical (unpaired) electrons. The molecule has 3 aromatic carbocycles. The number of nitrogens with one attached hydrogen (secondary N) is 2. The van der Waals surface area contributed by atoms with Crippen molar-refractivity contribution in [3.05, 3.63) is 92.9 Å². The van der Waals surface area contributed by atoms with Gasteiger partial charge in [-0.05, 0) is 42.5 Å². The predicted molar refractivity (Wildman–Crippen MR) is 125 cm³/mol. The Balaban J connectivity index is 1.80. The molecule has 1 aliphatic heterocycles. The molecule has 1 aliphatic rings. The summed E-state index contributed by atoms with van der Waals surface area (Å²) in [6, 6.07) is 19.6. The average Bonchev–Trinajstić information content (AvgIpc) is 2.90. The maximum Gasteiger partial charge on any atom is 0.337 e. The maximum absolute atomic E-state index is 13.0. The first kappa shape index (κ1) is 21.1. The van der Waals surface area contributed by atoms with E-state index in [0.717, 1.165) is 10.0 Å². The standard InChI is InChI=1S/C23H17BrClN3O3/c1-31-23(30)13-5-4-6-15(11-13)26-21-22(29)27-19-10-9-14(24)12-17(19)20(28-21)16-7-2-3-8-18(16)25/h2-12,21,26H,1H3,(H,27,29). The molecule has 4 rings (SSSR count). The van der Waals surface area contributed by atoms with E-state index in [2.05, 4.69) is 26.6 Å². The number of hydrogen-bond donors (Lipinski definition) is 2. The van der Waals surface area contributed by atoms with Gasteiger partial charge in [0.1, 0.15) is 0 Å². The third kappa shape index (κ3) is 4.47. The molecule has 1 heterocycles. The Morgan fingerprint density at radius 2 is 1.90 bits per heavy atom. The minimum absolute atomic E-state index is 0.339. The number of esters is 1. The van der Waals surface area contributed by atoms with Gasteiger partial charge in [0, 0.05) is 26.3 Å². The third-order valence-electron chi connectivity index (χ3n) is 4.72. The van der Waals surface area contributed by atoms with Gasteiger partial charge in [-0.2, -0.15) is 0 Å². The summed E-state index contributed by atoms with van der Waals surface area (Å²) < 4.78 is 5.62. The van der Waals surface area contributed by atoms with Gasteiger partial charge < -0.3 is 15.4 Å². The van der Waals surface area contributed by atoms with E-state index < -0.39 is 12.1 Å². The topological polar surface area (TPSA) is 79.8 Å². The highest BCUT2D eigenvalue weighted by Gasteiger charge is 2.27. The highest BCUT2D eigenvalue weighted by atomic mass is 79.9. The second-order valence-corrected chi connectivity index (χ2v) is 8.08. The van der Waals surface area contributed by atoms with Crippen LogP contribution in [-0.4, -0.2) is 30.9 Å². The number of methoxy groups -OCH3 is 1. The minimum Gasteiger partial charge on any atom is -0.465 e. The zero-order valence-corrected chi connectivity index (χ0v) is 18.7. The van der Waals surface area contributed by atoms with Crippen LogP contribution in [0.5, 0.6) is 0 Å². The fraction of sp³-hybridized carbons (Fsp3) is 0.0870. The number of anilines is 2. The molecule has 6 nitrogen and oxygen atoms in total. The Kier molecular flexibility index (Phi) is 6.06. The molecule has 156 valence electrons. The predicted octanol–water partition coefficient (Wildman–Crippen LogP) is 5.12. The van der Waals surface area contributed by atoms with Crippen LogP contribution in [0.4, 0.5) is 11.4 Å². The van der Waals surface area contributed by atoms with Crippen LogP contribution < -0.4 is 10.6 Å². The van der Waals surface area contributed by atoms with Crippen molar-refractivity contribution >= 4 is 56.5 Å². The SMILES string of the molecule is COC(=O)c1cccc(NC2N=C(c3ccccc3Cl)c3cc(Br)ccc3NC2=O)c1. The first-order chi connectivity index (χ1) is 15.0. The number of carbonyl (C=O) groups excluding carboxylic acids is 2. The summed E-state index contributed by atoms with van der Waals surface area (Å²) in [6.07, 6.45) is -0.953. The number of hydrogen-bond acceptors (Lipinski definition) is 5. The Morgan fingerprint density at radius 3 is 2.68 bits per heavy atom. The molecule has 3 aromatic rings. The second kappa shape index (κ2) is 8.91. The van der Waals surface area contributed by atoms with Crippen molar-refractivity contribution in [1.29, 1.82) is 0 Å². The largest absolute Gasteiger partial charge is 0.465 e. The Morgan fingerprint density at radius 1 is 1.10 bits per heavy atom. The summed E-state index contributed by atoms with van der Waals surface area (Å²) in [5.41, 5.74) is 3.56. The van der Waals surface area contributed by atoms with Crippen molar-refractivity contribution in [1.82, 2.24) is 0 Å². The van der Waals surface area contributed by atoms with Crippen LogP contribution in [0.2, 0.25) is 5.02 Å². The Bertz CT molecular complexity index is 1210. The maximum atomic E-state index is 13.0. The first-order valence-corrected chi connectivity index (χ1v) is 10.5. The van der Waals surface area contributed by atoms with Gasteiger partial charge in [0.2, 0.25) is 0 Å². The summed E-state index contributed by atoms with van der Waals surface area (Å²) in [5.74, 6) is -0.805. The van der Waals surface area contributed by atoms with E-state index in [1.807, 2.05) is 36.4 Å². The molecule has 1 amide bonds. The lowest BCUT2D eigenvalue weighted by molar-refractivity contribution is -0.116. The van der Waals surface area contributed by atoms with Crippen molar-refractivity contribution in [2.24, 2.45) is 4.99 Å². The number of aliphatic imine (C=N–C) groups is 1. The molecule has 0 saturated carbocycles. The van der Waals surface area contributed by atoms with Crippen molar-refractivity contribution < 1.29 is 14.3 Å². The summed E-state index contributed by atoms with van der Waals surface area (Å²) in [4.78, 5) is 29.6. The number of nitrogens with zero attached hydrogens (tertiary/aromatic N) is 1. The minimum atomic E-state index is -0.953. The zero-order chi connectivity index (χ0) is 22.0. The molecular weight excluding hydrogens is 482 g/mol. The van der Waals surface area contributed by atoms with Gasteiger partial charge in [0.15, 0.2) is 6.17 Å². The molecule has 0 saturated heterocycles. The first-order valence-electron chi connectivity index (χ1n) is 9.34. The molecule has 1 unspecified atom stereocenters. The smallest absolute Gasteiger partial charge is 0.337 e. The molecule has 2 N–H and O–H groups in total. The number of ether oxygens (including phenoxy) is 1. The molecule has 0 aliphatic carbocycles. The van der Waals surface area contributed by atoms with Crippen molar-refractivity contribution in [3.8, 4) is 0 Å². The van der Waals surface area contributed by atoms with E-state index in [4.69, 9.17) is 21.3 Å². The molecular formula is C23H17BrClN3O3. The van der Waals surface area contributed by atoms with Gasteiger partial charge in [-0.1, -0.05) is 51.8 Å². The van der Waals surface area contributed by atoms with Gasteiger partial charge >= 0.3 is 5.97 Å². The summed E-state index contributed by atoms with van der Waals surface area (Å²) in [6.45, 7) is 0. The number of carbonyl (C=O) groups is 2. The lowest BCUT2D eigenvalue weighted by Crippen LogP contribution is -2.32. The van der Waals surface area contributed by atoms with E-state index in [0.29, 0.717) is 33.2 Å². The highest BCUT2D eigenvalue weighted by Crippen LogP contribution is 2.30. The Labute approximate surface area is 192 Å². The number of halogens is 2. The number of benzene rings is 3. The summed E-state index contributed by atoms with van der Waals surface area (Å²) >= 11 is 9.95. The lowest BCUT2D eigenvalue weighted by atomic mass is 10.0. The molecule has 0 aromatic heterocycles. The van der Waals surface area contributed by atoms with E-state index in [1.54, 1.807) is 30.3 Å². The fourth-order valence-corrected chi connectivity index (χ4v) is 3.84. The number of benzodiazepines with no additional fused rings is 1. The van der Waals surface area contributed by atoms with Crippen LogP contribution >= 0.6 is 27.5 Å². The second-order valence-electron chi connectivity index (χ2n) is 6.76. The van der Waals surface area contributed by atoms with E-state index >= 15 is 0 Å². The van der Waals surface area contributed by atoms with Crippen molar-refractivity contribution in [3.63, 3.8) is 0 Å². The number of amides is 1. The zero-order valence-electron chi connectivity index (χ0n) is 16.4. The van der Waals surface area contributed by atoms with Crippen LogP contribution in [0.1, 0.15) is 21.5 Å².